The number of nitrogens with zero attached hydrogens (tertiary/aromatic N) is 4. The maximum absolute atomic E-state index is 5.33. The number of rotatable bonds is 3. The molecule has 0 amide bonds. The summed E-state index contributed by atoms with van der Waals surface area (Å²) in [6, 6.07) is 61.5. The SMILES string of the molecule is c1ccc(-n2c3ccccc3c3cc4c(cc32)c2sc3ccccc3c2n4-c2cccc(-c3nc4ccccc4n4c3cc3ccccc34)c2)cc1. The lowest BCUT2D eigenvalue weighted by Gasteiger charge is -2.13. The summed E-state index contributed by atoms with van der Waals surface area (Å²) in [6.45, 7) is 0. The van der Waals surface area contributed by atoms with Crippen molar-refractivity contribution in [2.75, 3.05) is 0 Å². The third-order valence-electron chi connectivity index (χ3n) is 10.8. The Hall–Kier alpha value is -6.69. The molecule has 0 saturated carbocycles. The Morgan fingerprint density at radius 3 is 2.02 bits per heavy atom. The first-order chi connectivity index (χ1) is 25.8. The van der Waals surface area contributed by atoms with E-state index in [-0.39, 0.29) is 0 Å². The van der Waals surface area contributed by atoms with E-state index in [0.717, 1.165) is 33.5 Å². The minimum atomic E-state index is 0.978. The number of hydrogen-bond donors (Lipinski definition) is 0. The second-order valence-electron chi connectivity index (χ2n) is 13.6. The lowest BCUT2D eigenvalue weighted by Crippen LogP contribution is -1.98. The fourth-order valence-corrected chi connectivity index (χ4v) is 9.78. The van der Waals surface area contributed by atoms with Crippen LogP contribution in [0.3, 0.4) is 0 Å². The first kappa shape index (κ1) is 28.1. The van der Waals surface area contributed by atoms with Crippen molar-refractivity contribution in [2.24, 2.45) is 0 Å². The first-order valence-electron chi connectivity index (χ1n) is 17.6. The average molecular weight is 681 g/mol. The van der Waals surface area contributed by atoms with Gasteiger partial charge in [0.15, 0.2) is 0 Å². The van der Waals surface area contributed by atoms with Gasteiger partial charge in [-0.05, 0) is 72.8 Å². The summed E-state index contributed by atoms with van der Waals surface area (Å²) >= 11 is 1.88. The third-order valence-corrected chi connectivity index (χ3v) is 12.0. The fraction of sp³-hybridized carbons (Fsp3) is 0. The molecule has 5 heterocycles. The highest BCUT2D eigenvalue weighted by Gasteiger charge is 2.22. The third kappa shape index (κ3) is 3.78. The molecule has 0 unspecified atom stereocenters. The van der Waals surface area contributed by atoms with Gasteiger partial charge in [0.2, 0.25) is 0 Å². The minimum absolute atomic E-state index is 0.978. The van der Waals surface area contributed by atoms with E-state index in [0.29, 0.717) is 0 Å². The normalized spacial score (nSPS) is 12.2. The highest BCUT2D eigenvalue weighted by molar-refractivity contribution is 7.26. The zero-order valence-corrected chi connectivity index (χ0v) is 28.7. The van der Waals surface area contributed by atoms with Crippen LogP contribution in [-0.2, 0) is 0 Å². The molecule has 0 aliphatic rings. The monoisotopic (exact) mass is 680 g/mol. The predicted octanol–water partition coefficient (Wildman–Crippen LogP) is 12.7. The van der Waals surface area contributed by atoms with E-state index in [1.54, 1.807) is 0 Å². The molecule has 0 atom stereocenters. The maximum atomic E-state index is 5.33. The molecular weight excluding hydrogens is 653 g/mol. The Morgan fingerprint density at radius 1 is 0.423 bits per heavy atom. The molecule has 12 aromatic rings. The summed E-state index contributed by atoms with van der Waals surface area (Å²) in [7, 11) is 0. The van der Waals surface area contributed by atoms with Crippen LogP contribution in [-0.4, -0.2) is 18.5 Å². The summed E-state index contributed by atoms with van der Waals surface area (Å²) in [6.07, 6.45) is 0. The van der Waals surface area contributed by atoms with E-state index in [4.69, 9.17) is 4.98 Å². The Labute approximate surface area is 301 Å². The van der Waals surface area contributed by atoms with Crippen LogP contribution in [0.25, 0.3) is 103 Å². The molecule has 0 fully saturated rings. The molecule has 12 rings (SSSR count). The van der Waals surface area contributed by atoms with Crippen molar-refractivity contribution in [3.8, 4) is 22.6 Å². The lowest BCUT2D eigenvalue weighted by atomic mass is 10.1. The van der Waals surface area contributed by atoms with Gasteiger partial charge in [-0.25, -0.2) is 4.98 Å². The number of hydrogen-bond acceptors (Lipinski definition) is 2. The van der Waals surface area contributed by atoms with Crippen molar-refractivity contribution in [1.29, 1.82) is 0 Å². The van der Waals surface area contributed by atoms with Crippen LogP contribution in [0.1, 0.15) is 0 Å². The Balaban J connectivity index is 1.19. The molecule has 7 aromatic carbocycles. The van der Waals surface area contributed by atoms with Gasteiger partial charge in [0, 0.05) is 48.6 Å². The highest BCUT2D eigenvalue weighted by atomic mass is 32.1. The number of benzene rings is 7. The molecule has 5 aromatic heterocycles. The van der Waals surface area contributed by atoms with Gasteiger partial charge >= 0.3 is 0 Å². The fourth-order valence-electron chi connectivity index (χ4n) is 8.57. The van der Waals surface area contributed by atoms with Gasteiger partial charge in [-0.1, -0.05) is 97.1 Å². The zero-order chi connectivity index (χ0) is 33.9. The molecule has 5 heteroatoms. The zero-order valence-electron chi connectivity index (χ0n) is 27.9. The molecule has 0 spiro atoms. The molecule has 0 saturated heterocycles. The van der Waals surface area contributed by atoms with Gasteiger partial charge in [-0.15, -0.1) is 11.3 Å². The maximum Gasteiger partial charge on any atom is 0.0951 e. The lowest BCUT2D eigenvalue weighted by molar-refractivity contribution is 1.18. The van der Waals surface area contributed by atoms with Crippen LogP contribution < -0.4 is 0 Å². The van der Waals surface area contributed by atoms with Crippen LogP contribution >= 0.6 is 11.3 Å². The van der Waals surface area contributed by atoms with E-state index in [1.165, 1.54) is 69.6 Å². The number of aromatic nitrogens is 4. The van der Waals surface area contributed by atoms with E-state index in [1.807, 2.05) is 11.3 Å². The molecule has 0 aliphatic carbocycles. The number of thiophene rings is 1. The smallest absolute Gasteiger partial charge is 0.0951 e. The largest absolute Gasteiger partial charge is 0.309 e. The molecular formula is C47H28N4S. The van der Waals surface area contributed by atoms with E-state index in [2.05, 4.69) is 183 Å². The highest BCUT2D eigenvalue weighted by Crippen LogP contribution is 2.45. The van der Waals surface area contributed by atoms with Crippen molar-refractivity contribution in [2.45, 2.75) is 0 Å². The quantitative estimate of drug-likeness (QED) is 0.182. The van der Waals surface area contributed by atoms with Crippen molar-refractivity contribution < 1.29 is 0 Å². The molecule has 0 bridgehead atoms. The van der Waals surface area contributed by atoms with Crippen LogP contribution in [0.4, 0.5) is 0 Å². The summed E-state index contributed by atoms with van der Waals surface area (Å²) in [5, 5.41) is 6.24. The summed E-state index contributed by atoms with van der Waals surface area (Å²) in [5.74, 6) is 0. The van der Waals surface area contributed by atoms with Crippen LogP contribution in [0.2, 0.25) is 0 Å². The first-order valence-corrected chi connectivity index (χ1v) is 18.5. The topological polar surface area (TPSA) is 27.2 Å². The summed E-state index contributed by atoms with van der Waals surface area (Å²) < 4.78 is 9.88. The van der Waals surface area contributed by atoms with E-state index in [9.17, 15) is 0 Å². The van der Waals surface area contributed by atoms with Crippen LogP contribution in [0, 0.1) is 0 Å². The van der Waals surface area contributed by atoms with Gasteiger partial charge in [0.25, 0.3) is 0 Å². The standard InChI is InChI=1S/C47H28N4S/c1-2-15-31(16-3-1)49-39-22-9-5-18-33(39)35-27-42-36(28-41(35)49)47-46(34-19-6-11-24-44(34)52-47)50(42)32-17-12-14-30(25-32)45-43-26-29-13-4-8-21-38(29)51(43)40-23-10-7-20-37(40)48-45/h1-28H. The van der Waals surface area contributed by atoms with Gasteiger partial charge in [-0.3, -0.25) is 0 Å². The molecule has 4 nitrogen and oxygen atoms in total. The minimum Gasteiger partial charge on any atom is -0.309 e. The Bertz CT molecular complexity index is 3410. The van der Waals surface area contributed by atoms with Crippen molar-refractivity contribution in [1.82, 2.24) is 18.5 Å². The van der Waals surface area contributed by atoms with Crippen LogP contribution in [0.5, 0.6) is 0 Å². The number of para-hydroxylation sites is 5. The van der Waals surface area contributed by atoms with Gasteiger partial charge in [-0.2, -0.15) is 0 Å². The van der Waals surface area contributed by atoms with E-state index < -0.39 is 0 Å². The van der Waals surface area contributed by atoms with Crippen molar-refractivity contribution in [3.05, 3.63) is 170 Å². The second-order valence-corrected chi connectivity index (χ2v) is 14.7. The number of fused-ring (bicyclic) bond motifs is 13. The summed E-state index contributed by atoms with van der Waals surface area (Å²) in [4.78, 5) is 5.33. The molecule has 242 valence electrons. The van der Waals surface area contributed by atoms with E-state index >= 15 is 0 Å². The molecule has 52 heavy (non-hydrogen) atoms. The van der Waals surface area contributed by atoms with Gasteiger partial charge in [0.05, 0.1) is 54.5 Å². The molecule has 0 aliphatic heterocycles. The van der Waals surface area contributed by atoms with Crippen molar-refractivity contribution in [3.63, 3.8) is 0 Å². The predicted molar refractivity (Wildman–Crippen MR) is 220 cm³/mol. The van der Waals surface area contributed by atoms with Crippen LogP contribution in [0.15, 0.2) is 170 Å². The second kappa shape index (κ2) is 10.4. The molecule has 0 N–H and O–H groups in total. The van der Waals surface area contributed by atoms with Gasteiger partial charge in [0.1, 0.15) is 0 Å². The summed E-state index contributed by atoms with van der Waals surface area (Å²) in [5.41, 5.74) is 13.6. The Morgan fingerprint density at radius 2 is 1.12 bits per heavy atom. The van der Waals surface area contributed by atoms with Crippen molar-refractivity contribution >= 4 is 91.8 Å². The average Bonchev–Trinajstić information content (AvgIpc) is 3.94. The Kier molecular flexibility index (Phi) is 5.62. The van der Waals surface area contributed by atoms with Gasteiger partial charge < -0.3 is 13.5 Å². The molecule has 0 radical (unpaired) electrons.